The number of likely N-dealkylation sites (tertiary alicyclic amines) is 1. The number of ether oxygens (including phenoxy) is 1. The lowest BCUT2D eigenvalue weighted by Crippen LogP contribution is -2.63. The highest BCUT2D eigenvalue weighted by atomic mass is 16.5. The smallest absolute Gasteiger partial charge is 0.317 e. The van der Waals surface area contributed by atoms with Gasteiger partial charge in [-0.15, -0.1) is 0 Å². The van der Waals surface area contributed by atoms with Crippen molar-refractivity contribution in [3.8, 4) is 0 Å². The highest BCUT2D eigenvalue weighted by Crippen LogP contribution is 2.42. The van der Waals surface area contributed by atoms with Crippen LogP contribution in [0.2, 0.25) is 0 Å². The monoisotopic (exact) mass is 298 g/mol. The van der Waals surface area contributed by atoms with Crippen molar-refractivity contribution in [2.75, 3.05) is 20.2 Å². The fourth-order valence-electron chi connectivity index (χ4n) is 3.43. The van der Waals surface area contributed by atoms with Crippen LogP contribution in [0, 0.1) is 10.8 Å². The number of carboxylic acids is 1. The first-order chi connectivity index (χ1) is 9.76. The fourth-order valence-corrected chi connectivity index (χ4v) is 3.43. The van der Waals surface area contributed by atoms with Gasteiger partial charge in [-0.25, -0.2) is 4.79 Å². The molecule has 0 aromatic rings. The summed E-state index contributed by atoms with van der Waals surface area (Å²) in [6, 6.07) is -0.0735. The van der Waals surface area contributed by atoms with Crippen LogP contribution in [0.3, 0.4) is 0 Å². The van der Waals surface area contributed by atoms with Crippen LogP contribution < -0.4 is 5.32 Å². The lowest BCUT2D eigenvalue weighted by Gasteiger charge is -2.51. The number of nitrogens with zero attached hydrogens (tertiary/aromatic N) is 1. The first kappa shape index (κ1) is 16.1. The Kier molecular flexibility index (Phi) is 4.19. The molecule has 0 bridgehead atoms. The molecule has 1 heterocycles. The van der Waals surface area contributed by atoms with Crippen molar-refractivity contribution in [1.29, 1.82) is 0 Å². The molecule has 1 aliphatic heterocycles. The van der Waals surface area contributed by atoms with Crippen LogP contribution in [0.5, 0.6) is 0 Å². The predicted molar refractivity (Wildman–Crippen MR) is 78.1 cm³/mol. The molecule has 6 heteroatoms. The molecule has 0 aromatic carbocycles. The molecule has 1 saturated heterocycles. The fraction of sp³-hybridized carbons (Fsp3) is 0.867. The number of rotatable bonds is 4. The number of hydrogen-bond acceptors (Lipinski definition) is 3. The quantitative estimate of drug-likeness (QED) is 0.828. The maximum Gasteiger partial charge on any atom is 0.317 e. The first-order valence-electron chi connectivity index (χ1n) is 7.58. The van der Waals surface area contributed by atoms with Gasteiger partial charge in [0.1, 0.15) is 0 Å². The van der Waals surface area contributed by atoms with Crippen LogP contribution >= 0.6 is 0 Å². The topological polar surface area (TPSA) is 78.9 Å². The maximum atomic E-state index is 12.3. The molecule has 3 atom stereocenters. The van der Waals surface area contributed by atoms with Crippen molar-refractivity contribution in [2.45, 2.75) is 52.2 Å². The Morgan fingerprint density at radius 2 is 2.10 bits per heavy atom. The number of amides is 2. The van der Waals surface area contributed by atoms with Crippen molar-refractivity contribution in [2.24, 2.45) is 10.8 Å². The number of aliphatic carboxylic acids is 1. The molecule has 3 unspecified atom stereocenters. The van der Waals surface area contributed by atoms with Gasteiger partial charge in [-0.3, -0.25) is 4.79 Å². The van der Waals surface area contributed by atoms with Crippen LogP contribution in [0.1, 0.15) is 40.0 Å². The van der Waals surface area contributed by atoms with E-state index in [1.807, 2.05) is 6.92 Å². The average molecular weight is 298 g/mol. The third-order valence-corrected chi connectivity index (χ3v) is 5.53. The third kappa shape index (κ3) is 2.61. The minimum Gasteiger partial charge on any atom is -0.481 e. The lowest BCUT2D eigenvalue weighted by atomic mass is 9.64. The standard InChI is InChI=1S/C15H26N2O4/c1-5-15(12(18)19)6-7-17(9-15)13(20)16-10-8-11(21-4)14(10,2)3/h10-11H,5-9H2,1-4H3,(H,16,20)(H,18,19). The normalized spacial score (nSPS) is 34.4. The first-order valence-corrected chi connectivity index (χ1v) is 7.58. The zero-order valence-electron chi connectivity index (χ0n) is 13.3. The molecule has 2 aliphatic rings. The van der Waals surface area contributed by atoms with E-state index in [-0.39, 0.29) is 23.6 Å². The molecule has 120 valence electrons. The SMILES string of the molecule is CCC1(C(=O)O)CCN(C(=O)NC2CC(OC)C2(C)C)C1. The van der Waals surface area contributed by atoms with Crippen LogP contribution in [-0.4, -0.2) is 54.4 Å². The Morgan fingerprint density at radius 3 is 2.52 bits per heavy atom. The molecule has 2 fully saturated rings. The van der Waals surface area contributed by atoms with Gasteiger partial charge in [0, 0.05) is 31.7 Å². The van der Waals surface area contributed by atoms with Crippen LogP contribution in [0.4, 0.5) is 4.79 Å². The molecule has 0 spiro atoms. The minimum atomic E-state index is -0.802. The summed E-state index contributed by atoms with van der Waals surface area (Å²) >= 11 is 0. The molecule has 6 nitrogen and oxygen atoms in total. The number of methoxy groups -OCH3 is 1. The van der Waals surface area contributed by atoms with Gasteiger partial charge in [-0.2, -0.15) is 0 Å². The predicted octanol–water partition coefficient (Wildman–Crippen LogP) is 1.70. The van der Waals surface area contributed by atoms with E-state index < -0.39 is 11.4 Å². The summed E-state index contributed by atoms with van der Waals surface area (Å²) in [6.45, 7) is 6.83. The van der Waals surface area contributed by atoms with Crippen molar-refractivity contribution in [3.63, 3.8) is 0 Å². The van der Waals surface area contributed by atoms with Gasteiger partial charge in [0.05, 0.1) is 11.5 Å². The number of carboxylic acid groups (broad SMARTS) is 1. The summed E-state index contributed by atoms with van der Waals surface area (Å²) < 4.78 is 5.38. The molecular formula is C15H26N2O4. The van der Waals surface area contributed by atoms with E-state index in [4.69, 9.17) is 4.74 Å². The molecular weight excluding hydrogens is 272 g/mol. The van der Waals surface area contributed by atoms with Gasteiger partial charge in [-0.05, 0) is 19.3 Å². The Hall–Kier alpha value is -1.30. The van der Waals surface area contributed by atoms with Gasteiger partial charge < -0.3 is 20.1 Å². The number of carbonyl (C=O) groups excluding carboxylic acids is 1. The van der Waals surface area contributed by atoms with Gasteiger partial charge in [0.2, 0.25) is 0 Å². The minimum absolute atomic E-state index is 0.0800. The van der Waals surface area contributed by atoms with E-state index in [9.17, 15) is 14.7 Å². The lowest BCUT2D eigenvalue weighted by molar-refractivity contribution is -0.148. The Morgan fingerprint density at radius 1 is 1.43 bits per heavy atom. The summed E-state index contributed by atoms with van der Waals surface area (Å²) in [7, 11) is 1.69. The second-order valence-corrected chi connectivity index (χ2v) is 6.89. The molecule has 2 N–H and O–H groups in total. The van der Waals surface area contributed by atoms with Gasteiger partial charge in [-0.1, -0.05) is 20.8 Å². The molecule has 2 amide bonds. The Bertz CT molecular complexity index is 437. The number of nitrogens with one attached hydrogen (secondary N) is 1. The zero-order valence-corrected chi connectivity index (χ0v) is 13.3. The average Bonchev–Trinajstić information content (AvgIpc) is 2.88. The highest BCUT2D eigenvalue weighted by molar-refractivity contribution is 5.80. The summed E-state index contributed by atoms with van der Waals surface area (Å²) in [5.74, 6) is -0.802. The number of urea groups is 1. The van der Waals surface area contributed by atoms with E-state index in [1.165, 1.54) is 0 Å². The van der Waals surface area contributed by atoms with Gasteiger partial charge in [0.15, 0.2) is 0 Å². The summed E-state index contributed by atoms with van der Waals surface area (Å²) in [5, 5.41) is 12.4. The molecule has 2 rings (SSSR count). The van der Waals surface area contributed by atoms with E-state index in [2.05, 4.69) is 19.2 Å². The largest absolute Gasteiger partial charge is 0.481 e. The zero-order chi connectivity index (χ0) is 15.8. The Labute approximate surface area is 125 Å². The second-order valence-electron chi connectivity index (χ2n) is 6.89. The van der Waals surface area contributed by atoms with Crippen molar-refractivity contribution in [1.82, 2.24) is 10.2 Å². The highest BCUT2D eigenvalue weighted by Gasteiger charge is 2.51. The second kappa shape index (κ2) is 5.48. The maximum absolute atomic E-state index is 12.3. The van der Waals surface area contributed by atoms with Crippen molar-refractivity contribution in [3.05, 3.63) is 0 Å². The van der Waals surface area contributed by atoms with E-state index in [1.54, 1.807) is 12.0 Å². The van der Waals surface area contributed by atoms with Gasteiger partial charge in [0.25, 0.3) is 0 Å². The van der Waals surface area contributed by atoms with Crippen molar-refractivity contribution >= 4 is 12.0 Å². The molecule has 1 saturated carbocycles. The van der Waals surface area contributed by atoms with Crippen LogP contribution in [-0.2, 0) is 9.53 Å². The third-order valence-electron chi connectivity index (χ3n) is 5.53. The summed E-state index contributed by atoms with van der Waals surface area (Å²) in [4.78, 5) is 25.4. The van der Waals surface area contributed by atoms with Crippen LogP contribution in [0.25, 0.3) is 0 Å². The molecule has 0 aromatic heterocycles. The molecule has 0 radical (unpaired) electrons. The van der Waals surface area contributed by atoms with E-state index in [0.717, 1.165) is 6.42 Å². The Balaban J connectivity index is 1.93. The molecule has 1 aliphatic carbocycles. The van der Waals surface area contributed by atoms with Gasteiger partial charge >= 0.3 is 12.0 Å². The summed E-state index contributed by atoms with van der Waals surface area (Å²) in [5.41, 5.74) is -0.861. The van der Waals surface area contributed by atoms with E-state index in [0.29, 0.717) is 25.9 Å². The summed E-state index contributed by atoms with van der Waals surface area (Å²) in [6.07, 6.45) is 2.05. The van der Waals surface area contributed by atoms with E-state index >= 15 is 0 Å². The van der Waals surface area contributed by atoms with Crippen LogP contribution in [0.15, 0.2) is 0 Å². The molecule has 21 heavy (non-hydrogen) atoms. The van der Waals surface area contributed by atoms with Crippen molar-refractivity contribution < 1.29 is 19.4 Å². The number of carbonyl (C=O) groups is 2. The number of hydrogen-bond donors (Lipinski definition) is 2.